The number of halogens is 3. The van der Waals surface area contributed by atoms with Gasteiger partial charge in [-0.25, -0.2) is 0 Å². The van der Waals surface area contributed by atoms with Crippen molar-refractivity contribution >= 4 is 5.91 Å². The van der Waals surface area contributed by atoms with Crippen LogP contribution in [0.4, 0.5) is 13.2 Å². The number of hydrogen-bond donors (Lipinski definition) is 1. The van der Waals surface area contributed by atoms with Crippen LogP contribution in [0, 0.1) is 5.92 Å². The van der Waals surface area contributed by atoms with Crippen LogP contribution >= 0.6 is 0 Å². The highest BCUT2D eigenvalue weighted by Gasteiger charge is 2.34. The molecule has 0 aliphatic carbocycles. The highest BCUT2D eigenvalue weighted by molar-refractivity contribution is 5.79. The van der Waals surface area contributed by atoms with Crippen LogP contribution in [-0.4, -0.2) is 38.1 Å². The van der Waals surface area contributed by atoms with Crippen molar-refractivity contribution in [3.63, 3.8) is 0 Å². The highest BCUT2D eigenvalue weighted by Crippen LogP contribution is 2.36. The van der Waals surface area contributed by atoms with Gasteiger partial charge in [-0.05, 0) is 35.4 Å². The van der Waals surface area contributed by atoms with E-state index in [2.05, 4.69) is 10.2 Å². The number of hydrogen-bond acceptors (Lipinski definition) is 4. The van der Waals surface area contributed by atoms with Crippen LogP contribution in [0.3, 0.4) is 0 Å². The first-order valence-electron chi connectivity index (χ1n) is 9.20. The van der Waals surface area contributed by atoms with E-state index in [4.69, 9.17) is 9.47 Å². The zero-order chi connectivity index (χ0) is 21.0. The van der Waals surface area contributed by atoms with E-state index >= 15 is 0 Å². The maximum atomic E-state index is 13.1. The number of rotatable bonds is 7. The molecule has 2 aromatic rings. The molecule has 5 nitrogen and oxygen atoms in total. The van der Waals surface area contributed by atoms with Gasteiger partial charge in [-0.3, -0.25) is 9.69 Å². The zero-order valence-electron chi connectivity index (χ0n) is 16.3. The number of nitrogens with zero attached hydrogens (tertiary/aromatic N) is 1. The van der Waals surface area contributed by atoms with Crippen molar-refractivity contribution in [3.8, 4) is 11.5 Å². The average molecular weight is 408 g/mol. The quantitative estimate of drug-likeness (QED) is 0.762. The molecule has 0 bridgehead atoms. The predicted molar refractivity (Wildman–Crippen MR) is 102 cm³/mol. The molecule has 29 heavy (non-hydrogen) atoms. The van der Waals surface area contributed by atoms with Crippen molar-refractivity contribution in [3.05, 3.63) is 59.2 Å². The number of benzene rings is 2. The lowest BCUT2D eigenvalue weighted by Gasteiger charge is -2.38. The number of nitrogens with one attached hydrogen (secondary N) is 1. The second kappa shape index (κ2) is 8.73. The Morgan fingerprint density at radius 2 is 1.79 bits per heavy atom. The Balaban J connectivity index is 1.54. The van der Waals surface area contributed by atoms with Crippen molar-refractivity contribution in [2.24, 2.45) is 5.92 Å². The summed E-state index contributed by atoms with van der Waals surface area (Å²) in [6.07, 6.45) is -4.49. The van der Waals surface area contributed by atoms with Gasteiger partial charge in [0.1, 0.15) is 18.1 Å². The summed E-state index contributed by atoms with van der Waals surface area (Å²) in [5.41, 5.74) is 0.667. The molecule has 1 N–H and O–H groups in total. The molecule has 0 spiro atoms. The number of methoxy groups -OCH3 is 1. The first-order valence-corrected chi connectivity index (χ1v) is 9.20. The van der Waals surface area contributed by atoms with Crippen LogP contribution in [0.15, 0.2) is 42.5 Å². The molecule has 3 rings (SSSR count). The molecule has 2 aromatic carbocycles. The molecule has 8 heteroatoms. The number of likely N-dealkylation sites (tertiary alicyclic amines) is 1. The Hall–Kier alpha value is -2.74. The van der Waals surface area contributed by atoms with E-state index in [1.54, 1.807) is 25.2 Å². The maximum Gasteiger partial charge on any atom is 0.419 e. The number of amides is 1. The third-order valence-corrected chi connectivity index (χ3v) is 4.88. The van der Waals surface area contributed by atoms with Crippen LogP contribution < -0.4 is 14.8 Å². The zero-order valence-corrected chi connectivity index (χ0v) is 16.3. The van der Waals surface area contributed by atoms with Gasteiger partial charge in [-0.1, -0.05) is 18.2 Å². The molecule has 1 fully saturated rings. The van der Waals surface area contributed by atoms with Gasteiger partial charge in [0, 0.05) is 26.7 Å². The van der Waals surface area contributed by atoms with Gasteiger partial charge in [0.05, 0.1) is 18.6 Å². The van der Waals surface area contributed by atoms with Gasteiger partial charge in [0.25, 0.3) is 0 Å². The van der Waals surface area contributed by atoms with E-state index in [-0.39, 0.29) is 24.2 Å². The van der Waals surface area contributed by atoms with Crippen molar-refractivity contribution < 1.29 is 27.4 Å². The van der Waals surface area contributed by atoms with Crippen LogP contribution in [-0.2, 0) is 24.1 Å². The molecule has 0 atom stereocenters. The average Bonchev–Trinajstić information content (AvgIpc) is 2.68. The first-order chi connectivity index (χ1) is 13.8. The van der Waals surface area contributed by atoms with Crippen molar-refractivity contribution in [2.45, 2.75) is 19.3 Å². The molecular weight excluding hydrogens is 385 g/mol. The minimum atomic E-state index is -4.49. The molecule has 1 amide bonds. The molecule has 1 aliphatic rings. The van der Waals surface area contributed by atoms with Gasteiger partial charge in [0.15, 0.2) is 0 Å². The first kappa shape index (κ1) is 21.0. The fourth-order valence-corrected chi connectivity index (χ4v) is 3.25. The summed E-state index contributed by atoms with van der Waals surface area (Å²) in [6, 6.07) is 11.3. The Bertz CT molecular complexity index is 847. The van der Waals surface area contributed by atoms with Crippen LogP contribution in [0.5, 0.6) is 11.5 Å². The lowest BCUT2D eigenvalue weighted by molar-refractivity contribution is -0.138. The monoisotopic (exact) mass is 408 g/mol. The Morgan fingerprint density at radius 1 is 1.14 bits per heavy atom. The van der Waals surface area contributed by atoms with E-state index in [0.717, 1.165) is 31.3 Å². The van der Waals surface area contributed by atoms with Gasteiger partial charge >= 0.3 is 6.18 Å². The highest BCUT2D eigenvalue weighted by atomic mass is 19.4. The van der Waals surface area contributed by atoms with Crippen molar-refractivity contribution in [2.75, 3.05) is 27.2 Å². The third kappa shape index (κ3) is 5.20. The topological polar surface area (TPSA) is 50.8 Å². The minimum absolute atomic E-state index is 0.0202. The second-order valence-electron chi connectivity index (χ2n) is 6.97. The Morgan fingerprint density at radius 3 is 2.38 bits per heavy atom. The second-order valence-corrected chi connectivity index (χ2v) is 6.97. The molecule has 0 saturated carbocycles. The summed E-state index contributed by atoms with van der Waals surface area (Å²) in [5, 5.41) is 2.65. The third-order valence-electron chi connectivity index (χ3n) is 4.88. The fraction of sp³-hybridized carbons (Fsp3) is 0.381. The number of ether oxygens (including phenoxy) is 2. The Labute approximate surface area is 167 Å². The molecule has 1 saturated heterocycles. The molecule has 1 heterocycles. The minimum Gasteiger partial charge on any atom is -0.496 e. The van der Waals surface area contributed by atoms with Gasteiger partial charge < -0.3 is 14.8 Å². The predicted octanol–water partition coefficient (Wildman–Crippen LogP) is 3.47. The van der Waals surface area contributed by atoms with E-state index in [1.165, 1.54) is 13.2 Å². The SMILES string of the molecule is CNC(=O)C1CN(Cc2ccc(OCc3ccc(OC)c(C(F)(F)F)c3)cc2)C1. The molecule has 0 unspecified atom stereocenters. The fourth-order valence-electron chi connectivity index (χ4n) is 3.25. The summed E-state index contributed by atoms with van der Waals surface area (Å²) in [7, 11) is 2.85. The standard InChI is InChI=1S/C21H23F3N2O3/c1-25-20(27)16-11-26(12-16)10-14-3-6-17(7-4-14)29-13-15-5-8-19(28-2)18(9-15)21(22,23)24/h3-9,16H,10-13H2,1-2H3,(H,25,27). The largest absolute Gasteiger partial charge is 0.496 e. The molecule has 1 aliphatic heterocycles. The summed E-state index contributed by atoms with van der Waals surface area (Å²) in [4.78, 5) is 13.7. The van der Waals surface area contributed by atoms with Crippen LogP contribution in [0.25, 0.3) is 0 Å². The lowest BCUT2D eigenvalue weighted by atomic mass is 9.98. The van der Waals surface area contributed by atoms with Gasteiger partial charge in [-0.2, -0.15) is 13.2 Å². The van der Waals surface area contributed by atoms with Gasteiger partial charge in [-0.15, -0.1) is 0 Å². The maximum absolute atomic E-state index is 13.1. The van der Waals surface area contributed by atoms with E-state index < -0.39 is 11.7 Å². The van der Waals surface area contributed by atoms with E-state index in [1.807, 2.05) is 12.1 Å². The Kier molecular flexibility index (Phi) is 6.32. The van der Waals surface area contributed by atoms with Crippen molar-refractivity contribution in [1.82, 2.24) is 10.2 Å². The van der Waals surface area contributed by atoms with E-state index in [0.29, 0.717) is 11.3 Å². The molecular formula is C21H23F3N2O3. The smallest absolute Gasteiger partial charge is 0.419 e. The van der Waals surface area contributed by atoms with Crippen molar-refractivity contribution in [1.29, 1.82) is 0 Å². The number of carbonyl (C=O) groups is 1. The lowest BCUT2D eigenvalue weighted by Crippen LogP contribution is -2.52. The summed E-state index contributed by atoms with van der Waals surface area (Å²) in [6.45, 7) is 2.22. The number of alkyl halides is 3. The van der Waals surface area contributed by atoms with E-state index in [9.17, 15) is 18.0 Å². The number of carbonyl (C=O) groups excluding carboxylic acids is 1. The van der Waals surface area contributed by atoms with Gasteiger partial charge in [0.2, 0.25) is 5.91 Å². The summed E-state index contributed by atoms with van der Waals surface area (Å²) in [5.74, 6) is 0.478. The summed E-state index contributed by atoms with van der Waals surface area (Å²) < 4.78 is 49.7. The summed E-state index contributed by atoms with van der Waals surface area (Å²) >= 11 is 0. The molecule has 0 radical (unpaired) electrons. The molecule has 0 aromatic heterocycles. The van der Waals surface area contributed by atoms with Crippen LogP contribution in [0.1, 0.15) is 16.7 Å². The molecule has 156 valence electrons. The normalized spacial score (nSPS) is 14.9. The van der Waals surface area contributed by atoms with Crippen LogP contribution in [0.2, 0.25) is 0 Å².